The molecule has 2 N–H and O–H groups in total. The first-order chi connectivity index (χ1) is 13.6. The topological polar surface area (TPSA) is 84.2 Å². The Morgan fingerprint density at radius 3 is 2.93 bits per heavy atom. The molecule has 0 aliphatic carbocycles. The van der Waals surface area contributed by atoms with Crippen molar-refractivity contribution in [2.75, 3.05) is 13.1 Å². The third-order valence-corrected chi connectivity index (χ3v) is 5.78. The van der Waals surface area contributed by atoms with E-state index in [0.717, 1.165) is 29.9 Å². The highest BCUT2D eigenvalue weighted by atomic mass is 35.5. The van der Waals surface area contributed by atoms with Gasteiger partial charge < -0.3 is 10.6 Å². The van der Waals surface area contributed by atoms with Crippen LogP contribution in [0.5, 0.6) is 0 Å². The van der Waals surface area contributed by atoms with Crippen molar-refractivity contribution in [3.63, 3.8) is 0 Å². The quantitative estimate of drug-likeness (QED) is 0.582. The second kappa shape index (κ2) is 9.56. The summed E-state index contributed by atoms with van der Waals surface area (Å²) >= 11 is 1.51. The predicted molar refractivity (Wildman–Crippen MR) is 117 cm³/mol. The van der Waals surface area contributed by atoms with Gasteiger partial charge in [0.15, 0.2) is 0 Å². The average molecular weight is 433 g/mol. The zero-order valence-corrected chi connectivity index (χ0v) is 18.1. The Morgan fingerprint density at radius 2 is 2.14 bits per heavy atom. The highest BCUT2D eigenvalue weighted by Crippen LogP contribution is 2.23. The van der Waals surface area contributed by atoms with Gasteiger partial charge in [0.25, 0.3) is 11.7 Å². The number of hydrogen-bond donors (Lipinski definition) is 2. The van der Waals surface area contributed by atoms with Crippen LogP contribution in [0.1, 0.15) is 40.2 Å². The number of halogens is 1. The van der Waals surface area contributed by atoms with Crippen LogP contribution in [0.4, 0.5) is 0 Å². The largest absolute Gasteiger partial charge is 0.350 e. The monoisotopic (exact) mass is 432 g/mol. The third-order valence-electron chi connectivity index (χ3n) is 4.89. The molecule has 0 bridgehead atoms. The van der Waals surface area contributed by atoms with Crippen molar-refractivity contribution in [1.29, 1.82) is 0 Å². The molecule has 3 aromatic rings. The van der Waals surface area contributed by atoms with Crippen LogP contribution in [0.25, 0.3) is 5.78 Å². The summed E-state index contributed by atoms with van der Waals surface area (Å²) in [7, 11) is 0. The lowest BCUT2D eigenvalue weighted by Gasteiger charge is -2.13. The fourth-order valence-electron chi connectivity index (χ4n) is 3.46. The zero-order valence-electron chi connectivity index (χ0n) is 16.5. The van der Waals surface area contributed by atoms with E-state index in [4.69, 9.17) is 0 Å². The van der Waals surface area contributed by atoms with Crippen molar-refractivity contribution in [1.82, 2.24) is 30.2 Å². The molecule has 2 aromatic heterocycles. The number of aromatic nitrogens is 4. The van der Waals surface area contributed by atoms with Gasteiger partial charge in [-0.1, -0.05) is 30.0 Å². The summed E-state index contributed by atoms with van der Waals surface area (Å²) in [5.74, 6) is 1.20. The summed E-state index contributed by atoms with van der Waals surface area (Å²) in [4.78, 5) is 21.6. The molecule has 1 aromatic carbocycles. The molecule has 29 heavy (non-hydrogen) atoms. The molecule has 154 valence electrons. The molecule has 4 rings (SSSR count). The number of aryl methyl sites for hydroxylation is 2. The van der Waals surface area contributed by atoms with Crippen LogP contribution in [-0.4, -0.2) is 44.6 Å². The van der Waals surface area contributed by atoms with E-state index in [9.17, 15) is 4.79 Å². The minimum absolute atomic E-state index is 0. The molecule has 9 heteroatoms. The van der Waals surface area contributed by atoms with Crippen LogP contribution >= 0.6 is 24.2 Å². The van der Waals surface area contributed by atoms with Crippen molar-refractivity contribution in [2.24, 2.45) is 0 Å². The number of thioether (sulfide) groups is 1. The lowest BCUT2D eigenvalue weighted by atomic mass is 10.1. The number of carbonyl (C=O) groups is 1. The van der Waals surface area contributed by atoms with Crippen molar-refractivity contribution in [3.8, 4) is 0 Å². The summed E-state index contributed by atoms with van der Waals surface area (Å²) in [5.41, 5.74) is 3.61. The summed E-state index contributed by atoms with van der Waals surface area (Å²) in [6.07, 6.45) is 2.29. The molecule has 1 unspecified atom stereocenters. The smallest absolute Gasteiger partial charge is 0.253 e. The third kappa shape index (κ3) is 5.07. The Kier molecular flexibility index (Phi) is 7.10. The number of carbonyl (C=O) groups excluding carboxylic acids is 1. The molecule has 1 aliphatic heterocycles. The number of hydrogen-bond acceptors (Lipinski definition) is 6. The number of benzene rings is 1. The summed E-state index contributed by atoms with van der Waals surface area (Å²) < 4.78 is 1.75. The van der Waals surface area contributed by atoms with E-state index in [1.165, 1.54) is 18.2 Å². The van der Waals surface area contributed by atoms with E-state index >= 15 is 0 Å². The number of nitrogens with zero attached hydrogens (tertiary/aromatic N) is 4. The molecular weight excluding hydrogens is 408 g/mol. The van der Waals surface area contributed by atoms with Gasteiger partial charge in [0.1, 0.15) is 0 Å². The Labute approximate surface area is 180 Å². The van der Waals surface area contributed by atoms with Gasteiger partial charge in [0.05, 0.1) is 0 Å². The molecule has 1 fully saturated rings. The van der Waals surface area contributed by atoms with E-state index in [0.29, 0.717) is 34.8 Å². The van der Waals surface area contributed by atoms with Gasteiger partial charge in [-0.15, -0.1) is 17.5 Å². The van der Waals surface area contributed by atoms with Crippen molar-refractivity contribution < 1.29 is 4.79 Å². The van der Waals surface area contributed by atoms with Crippen LogP contribution in [0.2, 0.25) is 0 Å². The van der Waals surface area contributed by atoms with E-state index in [-0.39, 0.29) is 18.3 Å². The molecule has 3 heterocycles. The second-order valence-electron chi connectivity index (χ2n) is 7.09. The van der Waals surface area contributed by atoms with Gasteiger partial charge in [-0.2, -0.15) is 4.98 Å². The predicted octanol–water partition coefficient (Wildman–Crippen LogP) is 2.94. The second-order valence-corrected chi connectivity index (χ2v) is 8.04. The fourth-order valence-corrected chi connectivity index (χ4v) is 4.28. The number of rotatable bonds is 6. The van der Waals surface area contributed by atoms with Crippen molar-refractivity contribution >= 4 is 35.9 Å². The Balaban J connectivity index is 0.00000240. The van der Waals surface area contributed by atoms with Crippen molar-refractivity contribution in [3.05, 3.63) is 52.8 Å². The molecule has 1 aliphatic rings. The molecule has 1 atom stereocenters. The molecule has 1 saturated heterocycles. The normalized spacial score (nSPS) is 16.0. The van der Waals surface area contributed by atoms with Crippen LogP contribution in [0, 0.1) is 13.8 Å². The van der Waals surface area contributed by atoms with Gasteiger partial charge >= 0.3 is 0 Å². The van der Waals surface area contributed by atoms with Crippen LogP contribution in [0.15, 0.2) is 35.5 Å². The standard InChI is InChI=1S/C20H24N6OS.ClH/c1-13-10-14(2)26-19(23-13)24-20(25-26)28-12-15-6-3-4-8-17(15)18(27)22-11-16-7-5-9-21-16;/h3-4,6,8,10,16,21H,5,7,9,11-12H2,1-2H3,(H,22,27);1H. The maximum absolute atomic E-state index is 12.7. The van der Waals surface area contributed by atoms with E-state index in [1.54, 1.807) is 4.52 Å². The maximum Gasteiger partial charge on any atom is 0.253 e. The van der Waals surface area contributed by atoms with E-state index in [2.05, 4.69) is 25.7 Å². The summed E-state index contributed by atoms with van der Waals surface area (Å²) in [6.45, 7) is 5.64. The Morgan fingerprint density at radius 1 is 1.31 bits per heavy atom. The highest BCUT2D eigenvalue weighted by Gasteiger charge is 2.17. The fraction of sp³-hybridized carbons (Fsp3) is 0.400. The zero-order chi connectivity index (χ0) is 19.5. The molecule has 0 radical (unpaired) electrons. The molecule has 0 saturated carbocycles. The van der Waals surface area contributed by atoms with Crippen molar-refractivity contribution in [2.45, 2.75) is 43.6 Å². The SMILES string of the molecule is Cc1cc(C)n2nc(SCc3ccccc3C(=O)NCC3CCCN3)nc2n1.Cl. The molecule has 7 nitrogen and oxygen atoms in total. The van der Waals surface area contributed by atoms with Gasteiger partial charge in [0.2, 0.25) is 5.16 Å². The van der Waals surface area contributed by atoms with E-state index < -0.39 is 0 Å². The maximum atomic E-state index is 12.7. The minimum atomic E-state index is -0.0269. The summed E-state index contributed by atoms with van der Waals surface area (Å²) in [5, 5.41) is 11.6. The number of fused-ring (bicyclic) bond motifs is 1. The number of nitrogens with one attached hydrogen (secondary N) is 2. The molecule has 0 spiro atoms. The highest BCUT2D eigenvalue weighted by molar-refractivity contribution is 7.98. The van der Waals surface area contributed by atoms with Gasteiger partial charge in [0, 0.05) is 35.3 Å². The van der Waals surface area contributed by atoms with Gasteiger partial charge in [-0.05, 0) is 50.9 Å². The van der Waals surface area contributed by atoms with Gasteiger partial charge in [-0.3, -0.25) is 4.79 Å². The average Bonchev–Trinajstić information content (AvgIpc) is 3.34. The van der Waals surface area contributed by atoms with E-state index in [1.807, 2.05) is 44.2 Å². The first-order valence-electron chi connectivity index (χ1n) is 9.53. The molecular formula is C20H25ClN6OS. The minimum Gasteiger partial charge on any atom is -0.350 e. The Hall–Kier alpha value is -2.16. The van der Waals surface area contributed by atoms with Crippen LogP contribution in [0.3, 0.4) is 0 Å². The van der Waals surface area contributed by atoms with Crippen LogP contribution < -0.4 is 10.6 Å². The lowest BCUT2D eigenvalue weighted by molar-refractivity contribution is 0.0949. The Bertz CT molecular complexity index is 1000. The lowest BCUT2D eigenvalue weighted by Crippen LogP contribution is -2.37. The summed E-state index contributed by atoms with van der Waals surface area (Å²) in [6, 6.07) is 10.1. The first-order valence-corrected chi connectivity index (χ1v) is 10.5. The van der Waals surface area contributed by atoms with Gasteiger partial charge in [-0.25, -0.2) is 9.50 Å². The first kappa shape index (κ1) is 21.5. The number of amides is 1. The van der Waals surface area contributed by atoms with Crippen LogP contribution in [-0.2, 0) is 5.75 Å². The molecule has 1 amide bonds.